The smallest absolute Gasteiger partial charge is 0.138 e. The highest BCUT2D eigenvalue weighted by molar-refractivity contribution is 6.11. The van der Waals surface area contributed by atoms with Crippen molar-refractivity contribution in [1.29, 1.82) is 0 Å². The molecule has 5 heteroatoms. The lowest BCUT2D eigenvalue weighted by Crippen LogP contribution is -2.26. The summed E-state index contributed by atoms with van der Waals surface area (Å²) in [5, 5.41) is 8.81. The first-order chi connectivity index (χ1) is 30.7. The Morgan fingerprint density at radius 2 is 0.790 bits per heavy atom. The van der Waals surface area contributed by atoms with Gasteiger partial charge in [0.2, 0.25) is 0 Å². The van der Waals surface area contributed by atoms with E-state index < -0.39 is 0 Å². The van der Waals surface area contributed by atoms with Crippen molar-refractivity contribution in [2.24, 2.45) is 0 Å². The van der Waals surface area contributed by atoms with E-state index in [1.54, 1.807) is 0 Å². The van der Waals surface area contributed by atoms with E-state index >= 15 is 0 Å². The topological polar surface area (TPSA) is 47.7 Å². The van der Waals surface area contributed by atoms with Crippen molar-refractivity contribution in [3.63, 3.8) is 0 Å². The van der Waals surface area contributed by atoms with Crippen LogP contribution in [-0.2, 0) is 0 Å². The third-order valence-electron chi connectivity index (χ3n) is 12.1. The molecule has 0 radical (unpaired) electrons. The molecular weight excluding hydrogens is 755 g/mol. The average molecular weight is 794 g/mol. The van der Waals surface area contributed by atoms with Crippen LogP contribution in [-0.4, -0.2) is 19.1 Å². The van der Waals surface area contributed by atoms with Crippen LogP contribution >= 0.6 is 0 Å². The van der Waals surface area contributed by atoms with Crippen LogP contribution in [0.25, 0.3) is 94.5 Å². The lowest BCUT2D eigenvalue weighted by atomic mass is 9.96. The van der Waals surface area contributed by atoms with Crippen LogP contribution in [0.15, 0.2) is 224 Å². The molecule has 1 aliphatic rings. The van der Waals surface area contributed by atoms with Gasteiger partial charge in [0, 0.05) is 21.5 Å². The normalized spacial score (nSPS) is 14.0. The molecule has 1 unspecified atom stereocenters. The Kier molecular flexibility index (Phi) is 8.49. The molecule has 0 saturated heterocycles. The average Bonchev–Trinajstić information content (AvgIpc) is 3.88. The van der Waals surface area contributed by atoms with E-state index in [0.717, 1.165) is 84.2 Å². The van der Waals surface area contributed by atoms with E-state index in [2.05, 4.69) is 239 Å². The summed E-state index contributed by atoms with van der Waals surface area (Å²) < 4.78 is 4.65. The highest BCUT2D eigenvalue weighted by atomic mass is 15.2. The summed E-state index contributed by atoms with van der Waals surface area (Å²) in [6, 6.07) is 74.9. The van der Waals surface area contributed by atoms with Crippen molar-refractivity contribution in [1.82, 2.24) is 24.4 Å². The van der Waals surface area contributed by atoms with Crippen molar-refractivity contribution in [2.75, 3.05) is 0 Å². The molecule has 0 amide bonds. The first-order valence-corrected chi connectivity index (χ1v) is 21.1. The van der Waals surface area contributed by atoms with E-state index in [1.807, 2.05) is 0 Å². The van der Waals surface area contributed by atoms with Gasteiger partial charge in [-0.1, -0.05) is 164 Å². The van der Waals surface area contributed by atoms with Crippen LogP contribution < -0.4 is 5.32 Å². The monoisotopic (exact) mass is 793 g/mol. The lowest BCUT2D eigenvalue weighted by molar-refractivity contribution is 0.717. The molecule has 292 valence electrons. The maximum absolute atomic E-state index is 5.59. The van der Waals surface area contributed by atoms with Crippen LogP contribution in [0.4, 0.5) is 0 Å². The van der Waals surface area contributed by atoms with Crippen LogP contribution in [0, 0.1) is 0 Å². The van der Waals surface area contributed by atoms with Gasteiger partial charge in [0.15, 0.2) is 0 Å². The summed E-state index contributed by atoms with van der Waals surface area (Å²) in [7, 11) is 0. The number of rotatable bonds is 7. The molecule has 1 aliphatic heterocycles. The SMILES string of the molecule is C1=C(c2ccccc2)C=C(n2c3ccccc3c3ccccc32)NC1c1cc(-c2ccccc2)cc(-c2cc(-c3ccccc3)cc(-n3c4ccccc4c4ccccc43)n2)n1. The standard InChI is InChI=1S/C57H39N5/c1-4-18-38(19-5-1)41-32-48(50-34-42(39-20-6-2-7-21-39)36-56(59-50)61-52-28-14-10-24-44(52)45-25-11-15-29-53(45)61)58-49(33-41)51-35-43(40-22-8-3-9-23-40)37-57(60-51)62-54-30-16-12-26-46(54)47-27-13-17-31-55(47)62/h1-37,50,59H. The molecule has 7 aromatic carbocycles. The van der Waals surface area contributed by atoms with Crippen molar-refractivity contribution < 1.29 is 0 Å². The first kappa shape index (κ1) is 35.6. The predicted molar refractivity (Wildman–Crippen MR) is 257 cm³/mol. The van der Waals surface area contributed by atoms with E-state index in [0.29, 0.717) is 0 Å². The Morgan fingerprint density at radius 1 is 0.371 bits per heavy atom. The zero-order valence-corrected chi connectivity index (χ0v) is 33.7. The molecule has 4 aromatic heterocycles. The van der Waals surface area contributed by atoms with Crippen LogP contribution in [0.3, 0.4) is 0 Å². The van der Waals surface area contributed by atoms with Gasteiger partial charge in [0.25, 0.3) is 0 Å². The predicted octanol–water partition coefficient (Wildman–Crippen LogP) is 13.9. The van der Waals surface area contributed by atoms with Crippen LogP contribution in [0.2, 0.25) is 0 Å². The minimum atomic E-state index is -0.276. The van der Waals surface area contributed by atoms with Gasteiger partial charge >= 0.3 is 0 Å². The maximum Gasteiger partial charge on any atom is 0.138 e. The van der Waals surface area contributed by atoms with Gasteiger partial charge in [-0.3, -0.25) is 9.13 Å². The molecule has 62 heavy (non-hydrogen) atoms. The number of dihydropyridines is 1. The summed E-state index contributed by atoms with van der Waals surface area (Å²) in [5.74, 6) is 1.82. The second-order valence-corrected chi connectivity index (χ2v) is 15.9. The molecule has 0 bridgehead atoms. The molecule has 1 atom stereocenters. The number of fused-ring (bicyclic) bond motifs is 6. The molecule has 0 fully saturated rings. The number of hydrogen-bond donors (Lipinski definition) is 1. The van der Waals surface area contributed by atoms with E-state index in [4.69, 9.17) is 9.97 Å². The van der Waals surface area contributed by atoms with Crippen LogP contribution in [0.5, 0.6) is 0 Å². The molecular formula is C57H39N5. The Hall–Kier alpha value is -8.28. The van der Waals surface area contributed by atoms with Crippen molar-refractivity contribution in [2.45, 2.75) is 6.04 Å². The molecule has 0 spiro atoms. The Bertz CT molecular complexity index is 3440. The van der Waals surface area contributed by atoms with Gasteiger partial charge in [-0.05, 0) is 94.1 Å². The van der Waals surface area contributed by atoms with Gasteiger partial charge in [0.1, 0.15) is 11.6 Å². The molecule has 1 N–H and O–H groups in total. The molecule has 5 nitrogen and oxygen atoms in total. The first-order valence-electron chi connectivity index (χ1n) is 21.1. The zero-order valence-electron chi connectivity index (χ0n) is 33.7. The summed E-state index contributed by atoms with van der Waals surface area (Å²) in [6.45, 7) is 0. The summed E-state index contributed by atoms with van der Waals surface area (Å²) >= 11 is 0. The number of allylic oxidation sites excluding steroid dienone is 2. The summed E-state index contributed by atoms with van der Waals surface area (Å²) in [6.07, 6.45) is 4.58. The molecule has 0 aliphatic carbocycles. The highest BCUT2D eigenvalue weighted by Gasteiger charge is 2.24. The maximum atomic E-state index is 5.59. The highest BCUT2D eigenvalue weighted by Crippen LogP contribution is 2.39. The molecule has 0 saturated carbocycles. The quantitative estimate of drug-likeness (QED) is 0.175. The van der Waals surface area contributed by atoms with Crippen LogP contribution in [0.1, 0.15) is 17.3 Å². The van der Waals surface area contributed by atoms with Gasteiger partial charge in [-0.15, -0.1) is 0 Å². The van der Waals surface area contributed by atoms with E-state index in [1.165, 1.54) is 21.5 Å². The third kappa shape index (κ3) is 6.10. The number of hydrogen-bond acceptors (Lipinski definition) is 3. The van der Waals surface area contributed by atoms with Gasteiger partial charge in [-0.25, -0.2) is 9.97 Å². The molecule has 12 rings (SSSR count). The fourth-order valence-corrected chi connectivity index (χ4v) is 9.27. The fourth-order valence-electron chi connectivity index (χ4n) is 9.27. The number of pyridine rings is 2. The van der Waals surface area contributed by atoms with Crippen molar-refractivity contribution in [3.05, 3.63) is 236 Å². The van der Waals surface area contributed by atoms with E-state index in [9.17, 15) is 0 Å². The largest absolute Gasteiger partial charge is 0.359 e. The second-order valence-electron chi connectivity index (χ2n) is 15.9. The number of nitrogens with one attached hydrogen (secondary N) is 1. The Morgan fingerprint density at radius 3 is 1.31 bits per heavy atom. The van der Waals surface area contributed by atoms with Gasteiger partial charge < -0.3 is 5.32 Å². The minimum Gasteiger partial charge on any atom is -0.359 e. The zero-order chi connectivity index (χ0) is 41.0. The third-order valence-corrected chi connectivity index (χ3v) is 12.1. The summed E-state index contributed by atoms with van der Waals surface area (Å²) in [4.78, 5) is 11.1. The number of para-hydroxylation sites is 4. The number of nitrogens with zero attached hydrogens (tertiary/aromatic N) is 4. The lowest BCUT2D eigenvalue weighted by Gasteiger charge is -2.27. The van der Waals surface area contributed by atoms with Gasteiger partial charge in [0.05, 0.1) is 45.2 Å². The second kappa shape index (κ2) is 14.8. The van der Waals surface area contributed by atoms with Gasteiger partial charge in [-0.2, -0.15) is 0 Å². The number of benzene rings is 7. The molecule has 5 heterocycles. The molecule has 11 aromatic rings. The minimum absolute atomic E-state index is 0.276. The Labute approximate surface area is 359 Å². The summed E-state index contributed by atoms with van der Waals surface area (Å²) in [5.41, 5.74) is 13.6. The fraction of sp³-hybridized carbons (Fsp3) is 0.0175. The van der Waals surface area contributed by atoms with Crippen molar-refractivity contribution in [3.8, 4) is 39.5 Å². The number of aromatic nitrogens is 4. The van der Waals surface area contributed by atoms with Crippen molar-refractivity contribution >= 4 is 55.0 Å². The Balaban J connectivity index is 1.08. The van der Waals surface area contributed by atoms with E-state index in [-0.39, 0.29) is 6.04 Å².